The standard InChI is InChI=1S/C16H24BrNO/c1-4-15(14-9-6-5-7-10-14)16(19)18(13(2)3)12-8-11-17/h5-7,9-10,13,15H,4,8,11-12H2,1-3H3. The van der Waals surface area contributed by atoms with Gasteiger partial charge in [0.15, 0.2) is 0 Å². The molecule has 0 aliphatic heterocycles. The number of hydrogen-bond donors (Lipinski definition) is 0. The molecule has 1 aromatic rings. The van der Waals surface area contributed by atoms with E-state index in [2.05, 4.69) is 48.8 Å². The van der Waals surface area contributed by atoms with Crippen LogP contribution < -0.4 is 0 Å². The number of amides is 1. The summed E-state index contributed by atoms with van der Waals surface area (Å²) in [6, 6.07) is 10.4. The maximum absolute atomic E-state index is 12.7. The molecule has 0 radical (unpaired) electrons. The summed E-state index contributed by atoms with van der Waals surface area (Å²) < 4.78 is 0. The number of nitrogens with zero attached hydrogens (tertiary/aromatic N) is 1. The molecular formula is C16H24BrNO. The molecule has 106 valence electrons. The molecule has 1 aromatic carbocycles. The van der Waals surface area contributed by atoms with Crippen LogP contribution in [-0.4, -0.2) is 28.7 Å². The lowest BCUT2D eigenvalue weighted by molar-refractivity contribution is -0.134. The number of carbonyl (C=O) groups excluding carboxylic acids is 1. The quantitative estimate of drug-likeness (QED) is 0.688. The van der Waals surface area contributed by atoms with Crippen molar-refractivity contribution < 1.29 is 4.79 Å². The van der Waals surface area contributed by atoms with Crippen LogP contribution in [0.2, 0.25) is 0 Å². The Bertz CT molecular complexity index is 378. The van der Waals surface area contributed by atoms with Gasteiger partial charge in [-0.3, -0.25) is 4.79 Å². The molecule has 0 aliphatic carbocycles. The summed E-state index contributed by atoms with van der Waals surface area (Å²) in [6.07, 6.45) is 1.84. The molecule has 1 rings (SSSR count). The van der Waals surface area contributed by atoms with Crippen LogP contribution >= 0.6 is 15.9 Å². The van der Waals surface area contributed by atoms with Crippen molar-refractivity contribution in [2.75, 3.05) is 11.9 Å². The molecule has 0 saturated carbocycles. The number of halogens is 1. The first kappa shape index (κ1) is 16.2. The van der Waals surface area contributed by atoms with Gasteiger partial charge in [-0.15, -0.1) is 0 Å². The molecule has 19 heavy (non-hydrogen) atoms. The van der Waals surface area contributed by atoms with Gasteiger partial charge in [-0.1, -0.05) is 53.2 Å². The number of hydrogen-bond acceptors (Lipinski definition) is 1. The van der Waals surface area contributed by atoms with Crippen LogP contribution in [0.15, 0.2) is 30.3 Å². The summed E-state index contributed by atoms with van der Waals surface area (Å²) in [7, 11) is 0. The van der Waals surface area contributed by atoms with Crippen molar-refractivity contribution >= 4 is 21.8 Å². The van der Waals surface area contributed by atoms with Crippen molar-refractivity contribution in [2.45, 2.75) is 45.6 Å². The lowest BCUT2D eigenvalue weighted by atomic mass is 9.94. The normalized spacial score (nSPS) is 12.5. The third-order valence-electron chi connectivity index (χ3n) is 3.35. The molecule has 0 bridgehead atoms. The third kappa shape index (κ3) is 4.64. The van der Waals surface area contributed by atoms with Crippen LogP contribution in [0.25, 0.3) is 0 Å². The van der Waals surface area contributed by atoms with Gasteiger partial charge in [-0.2, -0.15) is 0 Å². The fourth-order valence-corrected chi connectivity index (χ4v) is 2.54. The van der Waals surface area contributed by atoms with Gasteiger partial charge in [0.25, 0.3) is 0 Å². The fourth-order valence-electron chi connectivity index (χ4n) is 2.29. The predicted molar refractivity (Wildman–Crippen MR) is 84.7 cm³/mol. The van der Waals surface area contributed by atoms with Crippen molar-refractivity contribution in [2.24, 2.45) is 0 Å². The Balaban J connectivity index is 2.86. The first-order chi connectivity index (χ1) is 9.11. The first-order valence-corrected chi connectivity index (χ1v) is 8.15. The predicted octanol–water partition coefficient (Wildman–Crippen LogP) is 4.20. The zero-order valence-electron chi connectivity index (χ0n) is 12.1. The van der Waals surface area contributed by atoms with Gasteiger partial charge in [0, 0.05) is 17.9 Å². The molecule has 1 unspecified atom stereocenters. The Labute approximate surface area is 125 Å². The zero-order chi connectivity index (χ0) is 14.3. The van der Waals surface area contributed by atoms with E-state index in [-0.39, 0.29) is 17.9 Å². The number of carbonyl (C=O) groups is 1. The molecule has 1 amide bonds. The Hall–Kier alpha value is -0.830. The van der Waals surface area contributed by atoms with Crippen molar-refractivity contribution in [1.82, 2.24) is 4.90 Å². The lowest BCUT2D eigenvalue weighted by Gasteiger charge is -2.30. The van der Waals surface area contributed by atoms with E-state index >= 15 is 0 Å². The molecule has 3 heteroatoms. The third-order valence-corrected chi connectivity index (χ3v) is 3.91. The van der Waals surface area contributed by atoms with Crippen molar-refractivity contribution in [1.29, 1.82) is 0 Å². The molecule has 0 heterocycles. The van der Waals surface area contributed by atoms with Gasteiger partial charge in [-0.25, -0.2) is 0 Å². The van der Waals surface area contributed by atoms with Crippen LogP contribution in [0.5, 0.6) is 0 Å². The van der Waals surface area contributed by atoms with E-state index in [1.807, 2.05) is 23.1 Å². The lowest BCUT2D eigenvalue weighted by Crippen LogP contribution is -2.40. The Morgan fingerprint density at radius 2 is 1.89 bits per heavy atom. The smallest absolute Gasteiger partial charge is 0.230 e. The highest BCUT2D eigenvalue weighted by molar-refractivity contribution is 9.09. The second kappa shape index (κ2) is 8.36. The van der Waals surface area contributed by atoms with Crippen LogP contribution in [0.3, 0.4) is 0 Å². The molecule has 0 aliphatic rings. The second-order valence-corrected chi connectivity index (χ2v) is 5.83. The molecule has 0 aromatic heterocycles. The topological polar surface area (TPSA) is 20.3 Å². The Kier molecular flexibility index (Phi) is 7.14. The molecule has 2 nitrogen and oxygen atoms in total. The molecule has 0 saturated heterocycles. The summed E-state index contributed by atoms with van der Waals surface area (Å²) in [6.45, 7) is 7.08. The van der Waals surface area contributed by atoms with Crippen molar-refractivity contribution in [3.63, 3.8) is 0 Å². The molecule has 0 N–H and O–H groups in total. The monoisotopic (exact) mass is 325 g/mol. The van der Waals surface area contributed by atoms with Gasteiger partial charge < -0.3 is 4.90 Å². The number of rotatable bonds is 7. The van der Waals surface area contributed by atoms with Crippen molar-refractivity contribution in [3.8, 4) is 0 Å². The maximum Gasteiger partial charge on any atom is 0.230 e. The number of benzene rings is 1. The van der Waals surface area contributed by atoms with E-state index in [9.17, 15) is 4.79 Å². The minimum Gasteiger partial charge on any atom is -0.340 e. The SMILES string of the molecule is CCC(C(=O)N(CCCBr)C(C)C)c1ccccc1. The second-order valence-electron chi connectivity index (χ2n) is 5.04. The van der Waals surface area contributed by atoms with E-state index in [0.717, 1.165) is 30.3 Å². The van der Waals surface area contributed by atoms with Gasteiger partial charge in [0.05, 0.1) is 5.92 Å². The summed E-state index contributed by atoms with van der Waals surface area (Å²) >= 11 is 3.44. The summed E-state index contributed by atoms with van der Waals surface area (Å²) in [5, 5.41) is 0.936. The molecule has 0 fully saturated rings. The van der Waals surface area contributed by atoms with E-state index in [4.69, 9.17) is 0 Å². The van der Waals surface area contributed by atoms with Crippen LogP contribution in [0.4, 0.5) is 0 Å². The average Bonchev–Trinajstić information content (AvgIpc) is 2.41. The zero-order valence-corrected chi connectivity index (χ0v) is 13.7. The minimum absolute atomic E-state index is 0.0149. The van der Waals surface area contributed by atoms with Gasteiger partial charge in [-0.05, 0) is 32.3 Å². The van der Waals surface area contributed by atoms with Crippen molar-refractivity contribution in [3.05, 3.63) is 35.9 Å². The highest BCUT2D eigenvalue weighted by Crippen LogP contribution is 2.23. The highest BCUT2D eigenvalue weighted by atomic mass is 79.9. The molecular weight excluding hydrogens is 302 g/mol. The summed E-state index contributed by atoms with van der Waals surface area (Å²) in [4.78, 5) is 14.7. The van der Waals surface area contributed by atoms with Gasteiger partial charge in [0.2, 0.25) is 5.91 Å². The average molecular weight is 326 g/mol. The van der Waals surface area contributed by atoms with E-state index in [0.29, 0.717) is 0 Å². The van der Waals surface area contributed by atoms with Gasteiger partial charge in [0.1, 0.15) is 0 Å². The maximum atomic E-state index is 12.7. The van der Waals surface area contributed by atoms with E-state index in [1.54, 1.807) is 0 Å². The Morgan fingerprint density at radius 3 is 2.37 bits per heavy atom. The largest absolute Gasteiger partial charge is 0.340 e. The van der Waals surface area contributed by atoms with Crippen LogP contribution in [0, 0.1) is 0 Å². The molecule has 1 atom stereocenters. The number of alkyl halides is 1. The molecule has 0 spiro atoms. The van der Waals surface area contributed by atoms with E-state index < -0.39 is 0 Å². The Morgan fingerprint density at radius 1 is 1.26 bits per heavy atom. The van der Waals surface area contributed by atoms with Crippen LogP contribution in [-0.2, 0) is 4.79 Å². The first-order valence-electron chi connectivity index (χ1n) is 7.03. The fraction of sp³-hybridized carbons (Fsp3) is 0.562. The van der Waals surface area contributed by atoms with Gasteiger partial charge >= 0.3 is 0 Å². The summed E-state index contributed by atoms with van der Waals surface area (Å²) in [5.41, 5.74) is 1.12. The van der Waals surface area contributed by atoms with Crippen LogP contribution in [0.1, 0.15) is 45.1 Å². The summed E-state index contributed by atoms with van der Waals surface area (Å²) in [5.74, 6) is 0.239. The highest BCUT2D eigenvalue weighted by Gasteiger charge is 2.25. The minimum atomic E-state index is -0.0149. The van der Waals surface area contributed by atoms with E-state index in [1.165, 1.54) is 0 Å².